The summed E-state index contributed by atoms with van der Waals surface area (Å²) >= 11 is 1.61. The molecule has 0 bridgehead atoms. The molecule has 0 aliphatic heterocycles. The van der Waals surface area contributed by atoms with E-state index in [9.17, 15) is 0 Å². The number of pyridine rings is 1. The Morgan fingerprint density at radius 3 is 2.39 bits per heavy atom. The second-order valence-corrected chi connectivity index (χ2v) is 7.30. The van der Waals surface area contributed by atoms with Crippen LogP contribution in [0.15, 0.2) is 47.6 Å². The molecule has 2 aromatic carbocycles. The minimum Gasteiger partial charge on any atom is -0.497 e. The predicted molar refractivity (Wildman–Crippen MR) is 111 cm³/mol. The van der Waals surface area contributed by atoms with Crippen molar-refractivity contribution >= 4 is 28.3 Å². The Labute approximate surface area is 167 Å². The van der Waals surface area contributed by atoms with Gasteiger partial charge in [0.1, 0.15) is 17.2 Å². The maximum absolute atomic E-state index is 5.49. The number of hydrogen-bond acceptors (Lipinski definition) is 6. The van der Waals surface area contributed by atoms with Gasteiger partial charge in [0.15, 0.2) is 10.8 Å². The maximum atomic E-state index is 5.49. The predicted octanol–water partition coefficient (Wildman–Crippen LogP) is 4.51. The van der Waals surface area contributed by atoms with Gasteiger partial charge < -0.3 is 14.2 Å². The SMILES string of the molecule is COc1ccc(OC)c(CSc2nnc3cc(C)c4ccc(OC)cc4n23)c1. The highest BCUT2D eigenvalue weighted by Gasteiger charge is 2.14. The van der Waals surface area contributed by atoms with Crippen molar-refractivity contribution < 1.29 is 14.2 Å². The van der Waals surface area contributed by atoms with E-state index in [1.54, 1.807) is 33.1 Å². The lowest BCUT2D eigenvalue weighted by molar-refractivity contribution is 0.400. The van der Waals surface area contributed by atoms with Crippen molar-refractivity contribution in [3.8, 4) is 17.2 Å². The highest BCUT2D eigenvalue weighted by atomic mass is 32.2. The minimum atomic E-state index is 0.681. The summed E-state index contributed by atoms with van der Waals surface area (Å²) in [4.78, 5) is 0. The standard InChI is InChI=1S/C21H21N3O3S/c1-13-9-20-22-23-21(24(20)18-11-16(26-3)5-7-17(13)18)28-12-14-10-15(25-2)6-8-19(14)27-4/h5-11H,12H2,1-4H3. The summed E-state index contributed by atoms with van der Waals surface area (Å²) in [5.41, 5.74) is 4.04. The first-order valence-electron chi connectivity index (χ1n) is 8.80. The highest BCUT2D eigenvalue weighted by Crippen LogP contribution is 2.33. The topological polar surface area (TPSA) is 57.9 Å². The number of rotatable bonds is 6. The van der Waals surface area contributed by atoms with Crippen LogP contribution < -0.4 is 14.2 Å². The number of methoxy groups -OCH3 is 3. The average molecular weight is 395 g/mol. The first kappa shape index (κ1) is 18.4. The first-order chi connectivity index (χ1) is 13.6. The molecule has 2 aromatic heterocycles. The van der Waals surface area contributed by atoms with Crippen LogP contribution in [0.5, 0.6) is 17.2 Å². The lowest BCUT2D eigenvalue weighted by atomic mass is 10.1. The van der Waals surface area contributed by atoms with Gasteiger partial charge in [-0.25, -0.2) is 0 Å². The van der Waals surface area contributed by atoms with Crippen LogP contribution >= 0.6 is 11.8 Å². The molecular weight excluding hydrogens is 374 g/mol. The lowest BCUT2D eigenvalue weighted by Crippen LogP contribution is -1.96. The molecule has 0 atom stereocenters. The quantitative estimate of drug-likeness (QED) is 0.448. The van der Waals surface area contributed by atoms with Crippen LogP contribution in [0, 0.1) is 6.92 Å². The number of ether oxygens (including phenoxy) is 3. The molecule has 0 aliphatic carbocycles. The van der Waals surface area contributed by atoms with Crippen LogP contribution in [0.3, 0.4) is 0 Å². The third kappa shape index (κ3) is 3.22. The lowest BCUT2D eigenvalue weighted by Gasteiger charge is -2.11. The number of nitrogens with zero attached hydrogens (tertiary/aromatic N) is 3. The van der Waals surface area contributed by atoms with Crippen molar-refractivity contribution in [2.24, 2.45) is 0 Å². The van der Waals surface area contributed by atoms with Crippen molar-refractivity contribution in [2.45, 2.75) is 17.8 Å². The van der Waals surface area contributed by atoms with E-state index in [2.05, 4.69) is 33.7 Å². The van der Waals surface area contributed by atoms with Gasteiger partial charge in [0.2, 0.25) is 0 Å². The fraction of sp³-hybridized carbons (Fsp3) is 0.238. The number of benzene rings is 2. The third-order valence-corrected chi connectivity index (χ3v) is 5.70. The molecule has 4 rings (SSSR count). The third-order valence-electron chi connectivity index (χ3n) is 4.72. The van der Waals surface area contributed by atoms with Crippen molar-refractivity contribution in [1.29, 1.82) is 0 Å². The second-order valence-electron chi connectivity index (χ2n) is 6.35. The van der Waals surface area contributed by atoms with E-state index >= 15 is 0 Å². The van der Waals surface area contributed by atoms with Gasteiger partial charge in [-0.2, -0.15) is 0 Å². The van der Waals surface area contributed by atoms with Gasteiger partial charge in [0.05, 0.1) is 26.8 Å². The summed E-state index contributed by atoms with van der Waals surface area (Å²) in [5, 5.41) is 10.8. The number of fused-ring (bicyclic) bond motifs is 3. The molecule has 0 unspecified atom stereocenters. The second kappa shape index (κ2) is 7.59. The summed E-state index contributed by atoms with van der Waals surface area (Å²) in [6.45, 7) is 2.08. The van der Waals surface area contributed by atoms with E-state index in [1.165, 1.54) is 0 Å². The minimum absolute atomic E-state index is 0.681. The summed E-state index contributed by atoms with van der Waals surface area (Å²) in [7, 11) is 5.00. The Kier molecular flexibility index (Phi) is 5.00. The van der Waals surface area contributed by atoms with Crippen LogP contribution in [0.4, 0.5) is 0 Å². The Balaban J connectivity index is 1.77. The van der Waals surface area contributed by atoms with Gasteiger partial charge in [-0.3, -0.25) is 4.40 Å². The molecule has 0 fully saturated rings. The van der Waals surface area contributed by atoms with Gasteiger partial charge in [0, 0.05) is 22.8 Å². The molecule has 4 aromatic rings. The summed E-state index contributed by atoms with van der Waals surface area (Å²) in [6.07, 6.45) is 0. The average Bonchev–Trinajstić information content (AvgIpc) is 3.14. The van der Waals surface area contributed by atoms with E-state index < -0.39 is 0 Å². The smallest absolute Gasteiger partial charge is 0.196 e. The highest BCUT2D eigenvalue weighted by molar-refractivity contribution is 7.98. The van der Waals surface area contributed by atoms with Crippen LogP contribution in [0.2, 0.25) is 0 Å². The van der Waals surface area contributed by atoms with Crippen LogP contribution in [0.1, 0.15) is 11.1 Å². The number of hydrogen-bond donors (Lipinski definition) is 0. The number of aromatic nitrogens is 3. The molecule has 0 N–H and O–H groups in total. The van der Waals surface area contributed by atoms with Gasteiger partial charge in [0.25, 0.3) is 0 Å². The summed E-state index contributed by atoms with van der Waals surface area (Å²) in [6, 6.07) is 13.9. The summed E-state index contributed by atoms with van der Waals surface area (Å²) in [5.74, 6) is 3.11. The van der Waals surface area contributed by atoms with Gasteiger partial charge in [-0.05, 0) is 48.9 Å². The van der Waals surface area contributed by atoms with Gasteiger partial charge in [-0.1, -0.05) is 11.8 Å². The van der Waals surface area contributed by atoms with E-state index in [0.29, 0.717) is 5.75 Å². The van der Waals surface area contributed by atoms with Crippen LogP contribution in [-0.4, -0.2) is 35.9 Å². The molecule has 0 amide bonds. The first-order valence-corrected chi connectivity index (χ1v) is 9.79. The van der Waals surface area contributed by atoms with E-state index in [4.69, 9.17) is 14.2 Å². The molecule has 7 heteroatoms. The molecule has 0 spiro atoms. The van der Waals surface area contributed by atoms with E-state index in [-0.39, 0.29) is 0 Å². The number of aryl methyl sites for hydroxylation is 1. The van der Waals surface area contributed by atoms with Crippen molar-refractivity contribution in [2.75, 3.05) is 21.3 Å². The Hall–Kier alpha value is -2.93. The molecule has 0 aliphatic rings. The van der Waals surface area contributed by atoms with Gasteiger partial charge >= 0.3 is 0 Å². The van der Waals surface area contributed by atoms with E-state index in [0.717, 1.165) is 50.1 Å². The van der Waals surface area contributed by atoms with E-state index in [1.807, 2.05) is 30.3 Å². The molecule has 0 saturated carbocycles. The zero-order valence-electron chi connectivity index (χ0n) is 16.2. The fourth-order valence-corrected chi connectivity index (χ4v) is 4.19. The Morgan fingerprint density at radius 1 is 0.893 bits per heavy atom. The molecule has 28 heavy (non-hydrogen) atoms. The zero-order valence-corrected chi connectivity index (χ0v) is 17.0. The zero-order chi connectivity index (χ0) is 19.7. The molecular formula is C21H21N3O3S. The maximum Gasteiger partial charge on any atom is 0.196 e. The largest absolute Gasteiger partial charge is 0.497 e. The Morgan fingerprint density at radius 2 is 1.64 bits per heavy atom. The summed E-state index contributed by atoms with van der Waals surface area (Å²) < 4.78 is 18.3. The van der Waals surface area contributed by atoms with Crippen molar-refractivity contribution in [3.63, 3.8) is 0 Å². The van der Waals surface area contributed by atoms with Crippen LogP contribution in [-0.2, 0) is 5.75 Å². The molecule has 144 valence electrons. The van der Waals surface area contributed by atoms with Gasteiger partial charge in [-0.15, -0.1) is 10.2 Å². The fourth-order valence-electron chi connectivity index (χ4n) is 3.26. The number of thioether (sulfide) groups is 1. The van der Waals surface area contributed by atoms with Crippen LogP contribution in [0.25, 0.3) is 16.6 Å². The van der Waals surface area contributed by atoms with Crippen molar-refractivity contribution in [3.05, 3.63) is 53.6 Å². The Bertz CT molecular complexity index is 1160. The van der Waals surface area contributed by atoms with Crippen molar-refractivity contribution in [1.82, 2.24) is 14.6 Å². The molecule has 0 radical (unpaired) electrons. The monoisotopic (exact) mass is 395 g/mol. The normalized spacial score (nSPS) is 11.1. The molecule has 0 saturated heterocycles. The molecule has 2 heterocycles. The molecule has 6 nitrogen and oxygen atoms in total.